The van der Waals surface area contributed by atoms with Crippen LogP contribution in [-0.2, 0) is 10.0 Å². The second-order valence-corrected chi connectivity index (χ2v) is 5.33. The van der Waals surface area contributed by atoms with E-state index in [9.17, 15) is 8.42 Å². The minimum atomic E-state index is -3.81. The number of nitrogens with one attached hydrogen (secondary N) is 1. The van der Waals surface area contributed by atoms with Crippen molar-refractivity contribution in [2.45, 2.75) is 4.90 Å². The van der Waals surface area contributed by atoms with Gasteiger partial charge in [0.05, 0.1) is 15.5 Å². The molecule has 0 fully saturated rings. The van der Waals surface area contributed by atoms with Crippen molar-refractivity contribution in [3.8, 4) is 6.07 Å². The Labute approximate surface area is 108 Å². The first-order valence-corrected chi connectivity index (χ1v) is 6.52. The number of aromatic nitrogens is 1. The number of anilines is 1. The maximum absolute atomic E-state index is 11.9. The van der Waals surface area contributed by atoms with E-state index in [1.54, 1.807) is 0 Å². The molecule has 8 heteroatoms. The summed E-state index contributed by atoms with van der Waals surface area (Å²) in [4.78, 5) is -0.0774. The fraction of sp³-hybridized carbons (Fsp3) is 0. The molecule has 0 aliphatic rings. The predicted molar refractivity (Wildman–Crippen MR) is 63.5 cm³/mol. The van der Waals surface area contributed by atoms with Gasteiger partial charge in [-0.05, 0) is 18.2 Å². The molecule has 2 aromatic rings. The van der Waals surface area contributed by atoms with Crippen LogP contribution in [0.25, 0.3) is 0 Å². The highest BCUT2D eigenvalue weighted by Crippen LogP contribution is 2.21. The van der Waals surface area contributed by atoms with Gasteiger partial charge in [-0.1, -0.05) is 16.8 Å². The van der Waals surface area contributed by atoms with Crippen molar-refractivity contribution in [1.29, 1.82) is 5.26 Å². The average Bonchev–Trinajstić information content (AvgIpc) is 2.81. The number of sulfonamides is 1. The summed E-state index contributed by atoms with van der Waals surface area (Å²) in [6.07, 6.45) is 1.24. The monoisotopic (exact) mass is 283 g/mol. The topological polar surface area (TPSA) is 96.0 Å². The highest BCUT2D eigenvalue weighted by Gasteiger charge is 2.17. The molecule has 1 heterocycles. The average molecular weight is 284 g/mol. The lowest BCUT2D eigenvalue weighted by Crippen LogP contribution is -2.13. The first kappa shape index (κ1) is 12.4. The summed E-state index contributed by atoms with van der Waals surface area (Å²) in [7, 11) is -3.81. The Balaban J connectivity index is 2.39. The number of hydrogen-bond donors (Lipinski definition) is 1. The maximum atomic E-state index is 11.9. The molecule has 0 saturated heterocycles. The summed E-state index contributed by atoms with van der Waals surface area (Å²) in [5.41, 5.74) is 0.0831. The zero-order valence-corrected chi connectivity index (χ0v) is 10.4. The number of nitriles is 1. The summed E-state index contributed by atoms with van der Waals surface area (Å²) in [6, 6.07) is 7.00. The van der Waals surface area contributed by atoms with E-state index in [1.807, 2.05) is 6.07 Å². The molecule has 0 amide bonds. The normalized spacial score (nSPS) is 10.9. The molecule has 0 saturated carbocycles. The Morgan fingerprint density at radius 2 is 2.17 bits per heavy atom. The Hall–Kier alpha value is -2.04. The second kappa shape index (κ2) is 4.68. The molecule has 1 N–H and O–H groups in total. The number of nitrogens with zero attached hydrogens (tertiary/aromatic N) is 2. The van der Waals surface area contributed by atoms with Gasteiger partial charge in [-0.3, -0.25) is 4.72 Å². The van der Waals surface area contributed by atoms with Crippen molar-refractivity contribution in [3.05, 3.63) is 41.1 Å². The van der Waals surface area contributed by atoms with Crippen molar-refractivity contribution in [2.75, 3.05) is 4.72 Å². The third-order valence-corrected chi connectivity index (χ3v) is 3.73. The molecular weight excluding hydrogens is 278 g/mol. The maximum Gasteiger partial charge on any atom is 0.263 e. The van der Waals surface area contributed by atoms with Crippen LogP contribution < -0.4 is 4.72 Å². The van der Waals surface area contributed by atoms with Crippen LogP contribution in [0, 0.1) is 11.3 Å². The number of benzene rings is 1. The number of halogens is 1. The van der Waals surface area contributed by atoms with E-state index >= 15 is 0 Å². The van der Waals surface area contributed by atoms with Gasteiger partial charge in [0, 0.05) is 6.07 Å². The minimum absolute atomic E-state index is 0.0588. The second-order valence-electron chi connectivity index (χ2n) is 3.24. The van der Waals surface area contributed by atoms with Crippen LogP contribution in [-0.4, -0.2) is 13.6 Å². The fourth-order valence-corrected chi connectivity index (χ4v) is 2.40. The van der Waals surface area contributed by atoms with Gasteiger partial charge in [0.25, 0.3) is 10.0 Å². The Bertz CT molecular complexity index is 704. The van der Waals surface area contributed by atoms with Crippen LogP contribution >= 0.6 is 11.6 Å². The molecule has 6 nitrogen and oxygen atoms in total. The lowest BCUT2D eigenvalue weighted by Gasteiger charge is -2.05. The van der Waals surface area contributed by atoms with E-state index in [4.69, 9.17) is 16.9 Å². The Morgan fingerprint density at radius 3 is 2.78 bits per heavy atom. The molecule has 92 valence electrons. The molecule has 0 bridgehead atoms. The van der Waals surface area contributed by atoms with Gasteiger partial charge in [-0.25, -0.2) is 8.42 Å². The van der Waals surface area contributed by atoms with E-state index in [0.29, 0.717) is 0 Å². The lowest BCUT2D eigenvalue weighted by molar-refractivity contribution is 0.423. The summed E-state index contributed by atoms with van der Waals surface area (Å²) in [5, 5.41) is 12.4. The van der Waals surface area contributed by atoms with Crippen LogP contribution in [0.15, 0.2) is 39.9 Å². The van der Waals surface area contributed by atoms with Gasteiger partial charge in [0.15, 0.2) is 5.82 Å². The highest BCUT2D eigenvalue weighted by atomic mass is 35.5. The standard InChI is InChI=1S/C10H6ClN3O3S/c11-9-2-1-8(5-7(9)6-12)18(15,16)14-10-3-4-17-13-10/h1-5H,(H,13,14). The van der Waals surface area contributed by atoms with Gasteiger partial charge in [0.2, 0.25) is 0 Å². The smallest absolute Gasteiger partial charge is 0.263 e. The quantitative estimate of drug-likeness (QED) is 0.929. The molecule has 18 heavy (non-hydrogen) atoms. The van der Waals surface area contributed by atoms with Crippen LogP contribution in [0.3, 0.4) is 0 Å². The number of hydrogen-bond acceptors (Lipinski definition) is 5. The molecule has 0 atom stereocenters. The lowest BCUT2D eigenvalue weighted by atomic mass is 10.2. The zero-order valence-electron chi connectivity index (χ0n) is 8.79. The number of rotatable bonds is 3. The molecular formula is C10H6ClN3O3S. The highest BCUT2D eigenvalue weighted by molar-refractivity contribution is 7.92. The van der Waals surface area contributed by atoms with Gasteiger partial charge in [0.1, 0.15) is 12.3 Å². The van der Waals surface area contributed by atoms with Crippen molar-refractivity contribution in [3.63, 3.8) is 0 Å². The van der Waals surface area contributed by atoms with Crippen LogP contribution in [0.1, 0.15) is 5.56 Å². The Kier molecular flexibility index (Phi) is 3.23. The van der Waals surface area contributed by atoms with Crippen molar-refractivity contribution in [2.24, 2.45) is 0 Å². The molecule has 2 rings (SSSR count). The Morgan fingerprint density at radius 1 is 1.39 bits per heavy atom. The van der Waals surface area contributed by atoms with Crippen molar-refractivity contribution in [1.82, 2.24) is 5.16 Å². The summed E-state index contributed by atoms with van der Waals surface area (Å²) in [5.74, 6) is 0.0588. The molecule has 0 radical (unpaired) electrons. The van der Waals surface area contributed by atoms with E-state index in [0.717, 1.165) is 0 Å². The van der Waals surface area contributed by atoms with E-state index in [-0.39, 0.29) is 21.3 Å². The first-order valence-electron chi connectivity index (χ1n) is 4.66. The molecule has 0 aliphatic carbocycles. The van der Waals surface area contributed by atoms with Gasteiger partial charge in [-0.15, -0.1) is 0 Å². The molecule has 0 aliphatic heterocycles. The third kappa shape index (κ3) is 2.45. The van der Waals surface area contributed by atoms with E-state index in [1.165, 1.54) is 30.5 Å². The van der Waals surface area contributed by atoms with Crippen molar-refractivity contribution < 1.29 is 12.9 Å². The van der Waals surface area contributed by atoms with Gasteiger partial charge < -0.3 is 4.52 Å². The molecule has 0 unspecified atom stereocenters. The van der Waals surface area contributed by atoms with Crippen LogP contribution in [0.2, 0.25) is 5.02 Å². The SMILES string of the molecule is N#Cc1cc(S(=O)(=O)Nc2ccon2)ccc1Cl. The van der Waals surface area contributed by atoms with Gasteiger partial charge >= 0.3 is 0 Å². The van der Waals surface area contributed by atoms with Crippen LogP contribution in [0.5, 0.6) is 0 Å². The molecule has 0 spiro atoms. The van der Waals surface area contributed by atoms with E-state index in [2.05, 4.69) is 14.4 Å². The van der Waals surface area contributed by atoms with Crippen molar-refractivity contribution >= 4 is 27.4 Å². The van der Waals surface area contributed by atoms with Gasteiger partial charge in [-0.2, -0.15) is 5.26 Å². The third-order valence-electron chi connectivity index (χ3n) is 2.05. The minimum Gasteiger partial charge on any atom is -0.363 e. The predicted octanol–water partition coefficient (Wildman–Crippen LogP) is 2.00. The largest absolute Gasteiger partial charge is 0.363 e. The first-order chi connectivity index (χ1) is 8.53. The molecule has 1 aromatic heterocycles. The summed E-state index contributed by atoms with van der Waals surface area (Å²) < 4.78 is 30.6. The van der Waals surface area contributed by atoms with Crippen LogP contribution in [0.4, 0.5) is 5.82 Å². The summed E-state index contributed by atoms with van der Waals surface area (Å²) in [6.45, 7) is 0. The fourth-order valence-electron chi connectivity index (χ4n) is 1.22. The molecule has 1 aromatic carbocycles. The zero-order chi connectivity index (χ0) is 13.2. The summed E-state index contributed by atoms with van der Waals surface area (Å²) >= 11 is 5.72. The van der Waals surface area contributed by atoms with E-state index < -0.39 is 10.0 Å².